The van der Waals surface area contributed by atoms with Crippen molar-refractivity contribution in [1.82, 2.24) is 0 Å². The third-order valence-corrected chi connectivity index (χ3v) is 2.15. The van der Waals surface area contributed by atoms with Gasteiger partial charge < -0.3 is 0 Å². The molecule has 0 bridgehead atoms. The zero-order chi connectivity index (χ0) is 13.2. The largest absolute Gasteiger partial charge is 0.444 e. The standard InChI is InChI=1S/C9H6ClF3N2O2/c1-5-3-2-4-6(7(5)15(16)17)14-8(10)9(11,12)13/h2-4H,1H3. The number of aliphatic imine (C=N–C) groups is 1. The van der Waals surface area contributed by atoms with Crippen LogP contribution in [0.5, 0.6) is 0 Å². The van der Waals surface area contributed by atoms with Crippen LogP contribution in [-0.2, 0) is 0 Å². The van der Waals surface area contributed by atoms with E-state index in [1.165, 1.54) is 19.1 Å². The van der Waals surface area contributed by atoms with Crippen molar-refractivity contribution in [3.05, 3.63) is 33.9 Å². The van der Waals surface area contributed by atoms with Gasteiger partial charge in [0.25, 0.3) is 5.69 Å². The fourth-order valence-corrected chi connectivity index (χ4v) is 1.23. The zero-order valence-electron chi connectivity index (χ0n) is 8.45. The van der Waals surface area contributed by atoms with Crippen molar-refractivity contribution < 1.29 is 18.1 Å². The smallest absolute Gasteiger partial charge is 0.258 e. The molecule has 0 saturated heterocycles. The molecule has 0 N–H and O–H groups in total. The molecule has 0 fully saturated rings. The highest BCUT2D eigenvalue weighted by Gasteiger charge is 2.35. The van der Waals surface area contributed by atoms with Gasteiger partial charge in [-0.2, -0.15) is 13.2 Å². The highest BCUT2D eigenvalue weighted by atomic mass is 35.5. The first-order valence-electron chi connectivity index (χ1n) is 4.29. The molecule has 0 unspecified atom stereocenters. The van der Waals surface area contributed by atoms with E-state index in [2.05, 4.69) is 4.99 Å². The summed E-state index contributed by atoms with van der Waals surface area (Å²) >= 11 is 4.92. The SMILES string of the molecule is Cc1cccc(N=C(Cl)C(F)(F)F)c1[N+](=O)[O-]. The molecule has 0 radical (unpaired) electrons. The predicted molar refractivity (Wildman–Crippen MR) is 56.8 cm³/mol. The lowest BCUT2D eigenvalue weighted by molar-refractivity contribution is -0.384. The maximum atomic E-state index is 12.1. The first-order chi connectivity index (χ1) is 7.73. The van der Waals surface area contributed by atoms with E-state index in [1.54, 1.807) is 0 Å². The average molecular weight is 267 g/mol. The van der Waals surface area contributed by atoms with E-state index in [4.69, 9.17) is 11.6 Å². The third-order valence-electron chi connectivity index (χ3n) is 1.85. The fourth-order valence-electron chi connectivity index (χ4n) is 1.14. The maximum Gasteiger partial charge on any atom is 0.444 e. The quantitative estimate of drug-likeness (QED) is 0.465. The minimum atomic E-state index is -4.82. The average Bonchev–Trinajstić information content (AvgIpc) is 2.15. The van der Waals surface area contributed by atoms with Crippen molar-refractivity contribution in [3.8, 4) is 0 Å². The lowest BCUT2D eigenvalue weighted by Gasteiger charge is -2.04. The summed E-state index contributed by atoms with van der Waals surface area (Å²) in [5, 5.41) is 9.04. The minimum Gasteiger partial charge on any atom is -0.258 e. The van der Waals surface area contributed by atoms with Gasteiger partial charge in [0.15, 0.2) is 0 Å². The van der Waals surface area contributed by atoms with Crippen LogP contribution in [0.2, 0.25) is 0 Å². The lowest BCUT2D eigenvalue weighted by Crippen LogP contribution is -2.16. The van der Waals surface area contributed by atoms with Crippen LogP contribution in [0.15, 0.2) is 23.2 Å². The Balaban J connectivity index is 3.34. The molecule has 0 aromatic heterocycles. The Morgan fingerprint density at radius 1 is 1.47 bits per heavy atom. The van der Waals surface area contributed by atoms with Gasteiger partial charge in [0.2, 0.25) is 5.17 Å². The monoisotopic (exact) mass is 266 g/mol. The first-order valence-corrected chi connectivity index (χ1v) is 4.66. The summed E-state index contributed by atoms with van der Waals surface area (Å²) in [6.45, 7) is 1.40. The van der Waals surface area contributed by atoms with Gasteiger partial charge in [-0.1, -0.05) is 23.7 Å². The van der Waals surface area contributed by atoms with E-state index in [-0.39, 0.29) is 5.56 Å². The lowest BCUT2D eigenvalue weighted by atomic mass is 10.2. The molecular weight excluding hydrogens is 261 g/mol. The molecule has 0 aliphatic heterocycles. The third kappa shape index (κ3) is 3.16. The summed E-state index contributed by atoms with van der Waals surface area (Å²) in [4.78, 5) is 12.9. The molecule has 0 aliphatic rings. The molecular formula is C9H6ClF3N2O2. The predicted octanol–water partition coefficient (Wildman–Crippen LogP) is 3.73. The summed E-state index contributed by atoms with van der Waals surface area (Å²) in [5.41, 5.74) is -0.699. The van der Waals surface area contributed by atoms with E-state index < -0.39 is 27.6 Å². The number of alkyl halides is 3. The fraction of sp³-hybridized carbons (Fsp3) is 0.222. The molecule has 1 aromatic carbocycles. The highest BCUT2D eigenvalue weighted by molar-refractivity contribution is 6.67. The summed E-state index contributed by atoms with van der Waals surface area (Å²) in [5.74, 6) is 0. The summed E-state index contributed by atoms with van der Waals surface area (Å²) in [6, 6.07) is 3.86. The van der Waals surface area contributed by atoms with Crippen molar-refractivity contribution in [2.45, 2.75) is 13.1 Å². The molecule has 17 heavy (non-hydrogen) atoms. The van der Waals surface area contributed by atoms with Gasteiger partial charge in [-0.25, -0.2) is 4.99 Å². The molecule has 4 nitrogen and oxygen atoms in total. The van der Waals surface area contributed by atoms with Gasteiger partial charge in [-0.3, -0.25) is 10.1 Å². The van der Waals surface area contributed by atoms with Gasteiger partial charge >= 0.3 is 6.18 Å². The summed E-state index contributed by atoms with van der Waals surface area (Å²) in [7, 11) is 0. The van der Waals surface area contributed by atoms with Crippen LogP contribution in [-0.4, -0.2) is 16.3 Å². The Morgan fingerprint density at radius 3 is 2.53 bits per heavy atom. The molecule has 0 aliphatic carbocycles. The highest BCUT2D eigenvalue weighted by Crippen LogP contribution is 2.32. The number of benzene rings is 1. The molecule has 0 amide bonds. The molecule has 8 heteroatoms. The normalized spacial score (nSPS) is 12.6. The second-order valence-corrected chi connectivity index (χ2v) is 3.46. The van der Waals surface area contributed by atoms with Crippen LogP contribution in [0.1, 0.15) is 5.56 Å². The first kappa shape index (κ1) is 13.4. The van der Waals surface area contributed by atoms with Gasteiger partial charge in [-0.05, 0) is 13.0 Å². The zero-order valence-corrected chi connectivity index (χ0v) is 9.21. The number of hydrogen-bond acceptors (Lipinski definition) is 3. The topological polar surface area (TPSA) is 55.5 Å². The maximum absolute atomic E-state index is 12.1. The van der Waals surface area contributed by atoms with E-state index >= 15 is 0 Å². The minimum absolute atomic E-state index is 0.211. The molecule has 1 aromatic rings. The van der Waals surface area contributed by atoms with Crippen LogP contribution in [0.4, 0.5) is 24.5 Å². The molecule has 92 valence electrons. The van der Waals surface area contributed by atoms with Crippen molar-refractivity contribution in [2.24, 2.45) is 4.99 Å². The second kappa shape index (κ2) is 4.70. The second-order valence-electron chi connectivity index (χ2n) is 3.10. The van der Waals surface area contributed by atoms with E-state index in [9.17, 15) is 23.3 Å². The Bertz CT molecular complexity index is 486. The Hall–Kier alpha value is -1.63. The summed E-state index contributed by atoms with van der Waals surface area (Å²) in [6.07, 6.45) is -4.82. The number of nitro benzene ring substituents is 1. The molecule has 0 atom stereocenters. The molecule has 0 saturated carbocycles. The van der Waals surface area contributed by atoms with Crippen molar-refractivity contribution >= 4 is 28.1 Å². The Kier molecular flexibility index (Phi) is 3.72. The van der Waals surface area contributed by atoms with Crippen LogP contribution in [0.25, 0.3) is 0 Å². The van der Waals surface area contributed by atoms with Crippen molar-refractivity contribution in [2.75, 3.05) is 0 Å². The van der Waals surface area contributed by atoms with Crippen LogP contribution >= 0.6 is 11.6 Å². The molecule has 0 heterocycles. The number of aryl methyl sites for hydroxylation is 1. The van der Waals surface area contributed by atoms with Crippen LogP contribution < -0.4 is 0 Å². The number of hydrogen-bond donors (Lipinski definition) is 0. The number of nitrogens with zero attached hydrogens (tertiary/aromatic N) is 2. The van der Waals surface area contributed by atoms with Crippen molar-refractivity contribution in [1.29, 1.82) is 0 Å². The molecule has 0 spiro atoms. The number of rotatable bonds is 2. The van der Waals surface area contributed by atoms with Gasteiger partial charge in [0, 0.05) is 5.56 Å². The van der Waals surface area contributed by atoms with E-state index in [1.807, 2.05) is 0 Å². The number of nitro groups is 1. The van der Waals surface area contributed by atoms with E-state index in [0.29, 0.717) is 0 Å². The van der Waals surface area contributed by atoms with Crippen molar-refractivity contribution in [3.63, 3.8) is 0 Å². The Labute approximate surface area is 98.9 Å². The van der Waals surface area contributed by atoms with E-state index in [0.717, 1.165) is 6.07 Å². The molecule has 1 rings (SSSR count). The summed E-state index contributed by atoms with van der Waals surface area (Å²) < 4.78 is 36.4. The van der Waals surface area contributed by atoms with Crippen LogP contribution in [0.3, 0.4) is 0 Å². The van der Waals surface area contributed by atoms with Gasteiger partial charge in [-0.15, -0.1) is 0 Å². The number of halogens is 4. The Morgan fingerprint density at radius 2 is 2.06 bits per heavy atom. The van der Waals surface area contributed by atoms with Crippen LogP contribution in [0, 0.1) is 17.0 Å². The van der Waals surface area contributed by atoms with Gasteiger partial charge in [0.1, 0.15) is 5.69 Å². The number of para-hydroxylation sites is 1. The van der Waals surface area contributed by atoms with Gasteiger partial charge in [0.05, 0.1) is 4.92 Å².